The van der Waals surface area contributed by atoms with Crippen LogP contribution in [0.2, 0.25) is 0 Å². The summed E-state index contributed by atoms with van der Waals surface area (Å²) in [4.78, 5) is 7.74. The third kappa shape index (κ3) is 4.63. The lowest BCUT2D eigenvalue weighted by Crippen LogP contribution is -2.53. The first-order valence-electron chi connectivity index (χ1n) is 10.2. The molecule has 0 unspecified atom stereocenters. The van der Waals surface area contributed by atoms with Gasteiger partial charge >= 0.3 is 0 Å². The normalized spacial score (nSPS) is 20.1. The Morgan fingerprint density at radius 3 is 2.26 bits per heavy atom. The van der Waals surface area contributed by atoms with Crippen molar-refractivity contribution in [2.24, 2.45) is 0 Å². The molecule has 1 N–H and O–H groups in total. The lowest BCUT2D eigenvalue weighted by atomic mass is 10.0. The zero-order chi connectivity index (χ0) is 18.6. The van der Waals surface area contributed by atoms with Crippen molar-refractivity contribution >= 4 is 5.69 Å². The molecule has 4 rings (SSSR count). The van der Waals surface area contributed by atoms with Gasteiger partial charge in [-0.25, -0.2) is 0 Å². The van der Waals surface area contributed by atoms with Crippen LogP contribution in [-0.4, -0.2) is 60.2 Å². The maximum absolute atomic E-state index is 9.64. The molecule has 0 aromatic heterocycles. The number of phenolic OH excluding ortho intramolecular Hbond substituents is 1. The average Bonchev–Trinajstić information content (AvgIpc) is 2.69. The second-order valence-corrected chi connectivity index (χ2v) is 8.04. The van der Waals surface area contributed by atoms with Crippen LogP contribution in [0.15, 0.2) is 48.5 Å². The summed E-state index contributed by atoms with van der Waals surface area (Å²) in [6.45, 7) is 9.97. The van der Waals surface area contributed by atoms with Crippen LogP contribution in [0.4, 0.5) is 5.69 Å². The van der Waals surface area contributed by atoms with Crippen LogP contribution in [0.3, 0.4) is 0 Å². The van der Waals surface area contributed by atoms with E-state index in [0.717, 1.165) is 51.9 Å². The summed E-state index contributed by atoms with van der Waals surface area (Å²) < 4.78 is 0. The van der Waals surface area contributed by atoms with Crippen molar-refractivity contribution in [3.05, 3.63) is 59.7 Å². The molecule has 2 aliphatic rings. The fraction of sp³-hybridized carbons (Fsp3) is 0.478. The minimum absolute atomic E-state index is 0.367. The van der Waals surface area contributed by atoms with Gasteiger partial charge in [-0.1, -0.05) is 29.8 Å². The van der Waals surface area contributed by atoms with E-state index in [1.807, 2.05) is 12.1 Å². The molecular formula is C23H31N3O. The van der Waals surface area contributed by atoms with Crippen LogP contribution in [0.1, 0.15) is 24.0 Å². The van der Waals surface area contributed by atoms with Crippen molar-refractivity contribution in [2.45, 2.75) is 32.4 Å². The number of aromatic hydroxyl groups is 1. The van der Waals surface area contributed by atoms with Crippen molar-refractivity contribution in [1.82, 2.24) is 9.80 Å². The Morgan fingerprint density at radius 2 is 1.59 bits per heavy atom. The first kappa shape index (κ1) is 18.3. The molecule has 2 fully saturated rings. The van der Waals surface area contributed by atoms with Gasteiger partial charge in [0.1, 0.15) is 5.75 Å². The smallest absolute Gasteiger partial charge is 0.115 e. The number of anilines is 1. The van der Waals surface area contributed by atoms with Crippen molar-refractivity contribution in [2.75, 3.05) is 44.2 Å². The number of benzene rings is 2. The summed E-state index contributed by atoms with van der Waals surface area (Å²) >= 11 is 0. The molecule has 2 saturated heterocycles. The molecule has 2 aliphatic heterocycles. The number of piperidine rings is 1. The highest BCUT2D eigenvalue weighted by molar-refractivity contribution is 5.47. The largest absolute Gasteiger partial charge is 0.508 e. The van der Waals surface area contributed by atoms with E-state index in [2.05, 4.69) is 52.0 Å². The third-order valence-corrected chi connectivity index (χ3v) is 6.10. The average molecular weight is 366 g/mol. The first-order valence-corrected chi connectivity index (χ1v) is 10.2. The molecule has 144 valence electrons. The number of hydrogen-bond donors (Lipinski definition) is 1. The van der Waals surface area contributed by atoms with Crippen LogP contribution < -0.4 is 4.90 Å². The molecule has 4 heteroatoms. The monoisotopic (exact) mass is 365 g/mol. The SMILES string of the molecule is Cc1ccc(N2CCC(N3CCN(Cc4cccc(O)c4)CC3)CC2)cc1. The van der Waals surface area contributed by atoms with Crippen LogP contribution in [0.5, 0.6) is 5.75 Å². The Morgan fingerprint density at radius 1 is 0.889 bits per heavy atom. The van der Waals surface area contributed by atoms with Crippen LogP contribution >= 0.6 is 0 Å². The number of nitrogens with zero attached hydrogens (tertiary/aromatic N) is 3. The van der Waals surface area contributed by atoms with Gasteiger partial charge in [-0.05, 0) is 49.6 Å². The Kier molecular flexibility index (Phi) is 5.65. The highest BCUT2D eigenvalue weighted by Gasteiger charge is 2.27. The quantitative estimate of drug-likeness (QED) is 0.898. The second-order valence-electron chi connectivity index (χ2n) is 8.04. The summed E-state index contributed by atoms with van der Waals surface area (Å²) in [6, 6.07) is 17.3. The van der Waals surface area contributed by atoms with Crippen molar-refractivity contribution in [1.29, 1.82) is 0 Å². The minimum atomic E-state index is 0.367. The second kappa shape index (κ2) is 8.32. The Balaban J connectivity index is 1.24. The van der Waals surface area contributed by atoms with Crippen LogP contribution in [-0.2, 0) is 6.54 Å². The Hall–Kier alpha value is -2.04. The lowest BCUT2D eigenvalue weighted by molar-refractivity contribution is 0.0811. The van der Waals surface area contributed by atoms with E-state index < -0.39 is 0 Å². The molecular weight excluding hydrogens is 334 g/mol. The fourth-order valence-corrected chi connectivity index (χ4v) is 4.44. The van der Waals surface area contributed by atoms with E-state index in [1.54, 1.807) is 6.07 Å². The van der Waals surface area contributed by atoms with E-state index in [-0.39, 0.29) is 0 Å². The highest BCUT2D eigenvalue weighted by Crippen LogP contribution is 2.24. The molecule has 0 spiro atoms. The highest BCUT2D eigenvalue weighted by atomic mass is 16.3. The van der Waals surface area contributed by atoms with Gasteiger partial charge in [-0.3, -0.25) is 9.80 Å². The van der Waals surface area contributed by atoms with Gasteiger partial charge in [0.15, 0.2) is 0 Å². The topological polar surface area (TPSA) is 30.0 Å². The number of aryl methyl sites for hydroxylation is 1. The van der Waals surface area contributed by atoms with Gasteiger partial charge < -0.3 is 10.0 Å². The molecule has 0 radical (unpaired) electrons. The molecule has 0 atom stereocenters. The summed E-state index contributed by atoms with van der Waals surface area (Å²) in [5, 5.41) is 9.64. The van der Waals surface area contributed by atoms with E-state index in [4.69, 9.17) is 0 Å². The van der Waals surface area contributed by atoms with Gasteiger partial charge in [0.05, 0.1) is 0 Å². The van der Waals surface area contributed by atoms with Crippen molar-refractivity contribution in [3.63, 3.8) is 0 Å². The maximum Gasteiger partial charge on any atom is 0.115 e. The molecule has 2 heterocycles. The maximum atomic E-state index is 9.64. The fourth-order valence-electron chi connectivity index (χ4n) is 4.44. The van der Waals surface area contributed by atoms with Gasteiger partial charge in [0, 0.05) is 57.5 Å². The van der Waals surface area contributed by atoms with E-state index in [1.165, 1.54) is 29.7 Å². The number of piperazine rings is 1. The summed E-state index contributed by atoms with van der Waals surface area (Å²) in [5.74, 6) is 0.367. The van der Waals surface area contributed by atoms with Gasteiger partial charge in [0.25, 0.3) is 0 Å². The molecule has 0 saturated carbocycles. The zero-order valence-electron chi connectivity index (χ0n) is 16.3. The van der Waals surface area contributed by atoms with Gasteiger partial charge in [-0.2, -0.15) is 0 Å². The van der Waals surface area contributed by atoms with Gasteiger partial charge in [-0.15, -0.1) is 0 Å². The minimum Gasteiger partial charge on any atom is -0.508 e. The van der Waals surface area contributed by atoms with Crippen molar-refractivity contribution < 1.29 is 5.11 Å². The van der Waals surface area contributed by atoms with Crippen LogP contribution in [0, 0.1) is 6.92 Å². The number of phenols is 1. The summed E-state index contributed by atoms with van der Waals surface area (Å²) in [5.41, 5.74) is 3.90. The molecule has 4 nitrogen and oxygen atoms in total. The molecule has 27 heavy (non-hydrogen) atoms. The standard InChI is InChI=1S/C23H31N3O/c1-19-5-7-21(8-6-19)25-11-9-22(10-12-25)26-15-13-24(14-16-26)18-20-3-2-4-23(27)17-20/h2-8,17,22,27H,9-16,18H2,1H3. The summed E-state index contributed by atoms with van der Waals surface area (Å²) in [7, 11) is 0. The van der Waals surface area contributed by atoms with Crippen molar-refractivity contribution in [3.8, 4) is 5.75 Å². The zero-order valence-corrected chi connectivity index (χ0v) is 16.3. The number of hydrogen-bond acceptors (Lipinski definition) is 4. The van der Waals surface area contributed by atoms with E-state index in [0.29, 0.717) is 5.75 Å². The predicted octanol–water partition coefficient (Wildman–Crippen LogP) is 3.49. The molecule has 0 bridgehead atoms. The molecule has 2 aromatic carbocycles. The Bertz CT molecular complexity index is 730. The predicted molar refractivity (Wildman–Crippen MR) is 111 cm³/mol. The molecule has 2 aromatic rings. The third-order valence-electron chi connectivity index (χ3n) is 6.10. The van der Waals surface area contributed by atoms with E-state index in [9.17, 15) is 5.11 Å². The lowest BCUT2D eigenvalue weighted by Gasteiger charge is -2.43. The first-order chi connectivity index (χ1) is 13.2. The van der Waals surface area contributed by atoms with Crippen LogP contribution in [0.25, 0.3) is 0 Å². The Labute approximate surface area is 163 Å². The number of rotatable bonds is 4. The molecule has 0 aliphatic carbocycles. The van der Waals surface area contributed by atoms with Gasteiger partial charge in [0.2, 0.25) is 0 Å². The molecule has 0 amide bonds. The van der Waals surface area contributed by atoms with E-state index >= 15 is 0 Å². The summed E-state index contributed by atoms with van der Waals surface area (Å²) in [6.07, 6.45) is 2.53.